The summed E-state index contributed by atoms with van der Waals surface area (Å²) in [5, 5.41) is 56.4. The van der Waals surface area contributed by atoms with Crippen molar-refractivity contribution in [1.82, 2.24) is 129 Å². The third-order valence-electron chi connectivity index (χ3n) is 7.47. The number of nitrogens with zero attached hydrogens (tertiary/aromatic N) is 26. The lowest BCUT2D eigenvalue weighted by Crippen LogP contribution is -1.70. The molecule has 13 aromatic rings. The molecule has 0 radical (unpaired) electrons. The summed E-state index contributed by atoms with van der Waals surface area (Å²) in [5.74, 6) is 7.52. The molecule has 39 heteroatoms. The molecule has 13 heterocycles. The van der Waals surface area contributed by atoms with Gasteiger partial charge in [-0.05, 0) is 155 Å². The van der Waals surface area contributed by atoms with Crippen molar-refractivity contribution in [3.8, 4) is 0 Å². The van der Waals surface area contributed by atoms with Crippen LogP contribution in [0.15, 0.2) is 64.1 Å². The van der Waals surface area contributed by atoms with Crippen molar-refractivity contribution in [2.24, 2.45) is 0 Å². The van der Waals surface area contributed by atoms with Gasteiger partial charge in [0.1, 0.15) is 53.5 Å². The topological polar surface area (TPSA) is 414 Å². The molecule has 458 valence electrons. The van der Waals surface area contributed by atoms with Crippen LogP contribution >= 0.6 is 80.3 Å². The first-order chi connectivity index (χ1) is 40.4. The van der Waals surface area contributed by atoms with Crippen molar-refractivity contribution in [3.63, 3.8) is 0 Å². The van der Waals surface area contributed by atoms with E-state index in [9.17, 15) is 0 Å². The Bertz CT molecular complexity index is 2840. The fourth-order valence-corrected chi connectivity index (χ4v) is 7.03. The Kier molecular flexibility index (Phi) is 39.8. The first-order valence-electron chi connectivity index (χ1n) is 24.2. The molecule has 13 rings (SSSR count). The van der Waals surface area contributed by atoms with Crippen LogP contribution < -0.4 is 0 Å². The quantitative estimate of drug-likeness (QED) is 0.136. The highest BCUT2D eigenvalue weighted by Gasteiger charge is 1.94. The Morgan fingerprint density at radius 2 is 0.988 bits per heavy atom. The number of rotatable bonds is 0. The van der Waals surface area contributed by atoms with Gasteiger partial charge in [0.25, 0.3) is 0 Å². The second kappa shape index (κ2) is 45.2. The minimum absolute atomic E-state index is 0.606. The maximum atomic E-state index is 4.86. The summed E-state index contributed by atoms with van der Waals surface area (Å²) in [6.07, 6.45) is 7.27. The van der Waals surface area contributed by atoms with Crippen molar-refractivity contribution < 1.29 is 26.9 Å². The largest absolute Gasteiger partial charge is 0.428 e. The first kappa shape index (κ1) is 74.8. The fourth-order valence-electron chi connectivity index (χ4n) is 4.03. The maximum Gasteiger partial charge on any atom is 0.223 e. The lowest BCUT2D eigenvalue weighted by atomic mass is 10.4. The van der Waals surface area contributed by atoms with Gasteiger partial charge in [-0.1, -0.05) is 29.6 Å². The zero-order chi connectivity index (χ0) is 63.4. The molecule has 0 N–H and O–H groups in total. The molecule has 0 aliphatic carbocycles. The van der Waals surface area contributed by atoms with Crippen molar-refractivity contribution in [2.75, 3.05) is 0 Å². The van der Waals surface area contributed by atoms with Crippen molar-refractivity contribution >= 4 is 80.3 Å². The molecule has 13 aromatic heterocycles. The van der Waals surface area contributed by atoms with Crippen LogP contribution in [0.25, 0.3) is 0 Å². The Morgan fingerprint density at radius 3 is 1.12 bits per heavy atom. The van der Waals surface area contributed by atoms with E-state index in [0.29, 0.717) is 52.8 Å². The average Bonchev–Trinajstić information content (AvgIpc) is 4.28. The van der Waals surface area contributed by atoms with Crippen LogP contribution in [0.5, 0.6) is 0 Å². The second-order valence-electron chi connectivity index (χ2n) is 15.4. The lowest BCUT2D eigenvalue weighted by Gasteiger charge is -1.74. The number of aromatic nitrogens is 26. The van der Waals surface area contributed by atoms with Crippen LogP contribution in [0, 0.1) is 138 Å². The molecule has 0 aliphatic heterocycles. The molecule has 0 fully saturated rings. The van der Waals surface area contributed by atoms with Gasteiger partial charge in [-0.25, -0.2) is 15.0 Å². The molecule has 0 amide bonds. The molecule has 0 spiro atoms. The predicted octanol–water partition coefficient (Wildman–Crippen LogP) is 10.4. The molecule has 85 heavy (non-hydrogen) atoms. The molecule has 0 aliphatic rings. The van der Waals surface area contributed by atoms with E-state index in [-0.39, 0.29) is 0 Å². The molecular formula is C46H66N26O6S7. The Hall–Kier alpha value is -8.24. The first-order valence-corrected chi connectivity index (χ1v) is 29.7. The van der Waals surface area contributed by atoms with Gasteiger partial charge < -0.3 is 26.9 Å². The summed E-state index contributed by atoms with van der Waals surface area (Å²) in [4.78, 5) is 29.2. The van der Waals surface area contributed by atoms with Crippen LogP contribution in [0.1, 0.15) is 110 Å². The fraction of sp³-hybridized carbons (Fsp3) is 0.435. The summed E-state index contributed by atoms with van der Waals surface area (Å²) in [7, 11) is 0. The van der Waals surface area contributed by atoms with Gasteiger partial charge in [0.05, 0.1) is 11.9 Å². The zero-order valence-corrected chi connectivity index (χ0v) is 56.1. The van der Waals surface area contributed by atoms with Gasteiger partial charge in [-0.2, -0.15) is 33.1 Å². The number of hydrogen-bond acceptors (Lipinski definition) is 39. The molecule has 0 bridgehead atoms. The van der Waals surface area contributed by atoms with E-state index in [1.54, 1.807) is 103 Å². The van der Waals surface area contributed by atoms with Crippen molar-refractivity contribution in [2.45, 2.75) is 138 Å². The van der Waals surface area contributed by atoms with Crippen LogP contribution in [0.2, 0.25) is 0 Å². The van der Waals surface area contributed by atoms with E-state index in [2.05, 4.69) is 151 Å². The highest BCUT2D eigenvalue weighted by Crippen LogP contribution is 2.05. The van der Waals surface area contributed by atoms with E-state index in [0.717, 1.165) is 52.3 Å². The Morgan fingerprint density at radius 1 is 0.388 bits per heavy atom. The number of hydrogen-bond donors (Lipinski definition) is 0. The summed E-state index contributed by atoms with van der Waals surface area (Å²) in [6.45, 7) is 37.3. The summed E-state index contributed by atoms with van der Waals surface area (Å²) in [6, 6.07) is 0. The minimum Gasteiger partial charge on any atom is -0.428 e. The molecule has 0 atom stereocenters. The highest BCUT2D eigenvalue weighted by molar-refractivity contribution is 7.11. The van der Waals surface area contributed by atoms with E-state index in [1.165, 1.54) is 81.7 Å². The zero-order valence-electron chi connectivity index (χ0n) is 50.4. The monoisotopic (exact) mass is 1300 g/mol. The predicted molar refractivity (Wildman–Crippen MR) is 320 cm³/mol. The maximum absolute atomic E-state index is 4.86. The van der Waals surface area contributed by atoms with E-state index in [4.69, 9.17) is 4.42 Å². The van der Waals surface area contributed by atoms with Crippen LogP contribution in [-0.2, 0) is 0 Å². The van der Waals surface area contributed by atoms with E-state index >= 15 is 0 Å². The summed E-state index contributed by atoms with van der Waals surface area (Å²) >= 11 is 10.3. The van der Waals surface area contributed by atoms with Crippen LogP contribution in [-0.4, -0.2) is 129 Å². The van der Waals surface area contributed by atoms with Gasteiger partial charge in [0.2, 0.25) is 48.1 Å². The third-order valence-corrected chi connectivity index (χ3v) is 12.1. The highest BCUT2D eigenvalue weighted by atomic mass is 32.1. The van der Waals surface area contributed by atoms with Gasteiger partial charge >= 0.3 is 0 Å². The molecule has 0 unspecified atom stereocenters. The average molecular weight is 1300 g/mol. The van der Waals surface area contributed by atoms with E-state index in [1.807, 2.05) is 76.2 Å². The summed E-state index contributed by atoms with van der Waals surface area (Å²) in [5.41, 5.74) is 2.76. The second-order valence-corrected chi connectivity index (χ2v) is 22.6. The molecule has 0 saturated carbocycles. The standard InChI is InChI=1S/3C4H6N2O.4C4H6N2S.3C3H4N2O.3C3H4N2S/c1-3-5-6-4(2)7-3;2*1-3-5-4(2)7-6-3;1-3-5-6-4(2)7-3;2*1-3-5-4(2)7-6-3;1-3-4(2)7-6-5-3;1-3-5-4-2-6-3;1-3-4-2-6-5-3;1-3-4-2-5-6-3;1-3-5-4-2-6-3;1-3-4-2-5-6-3;1-3-2-4-5-6-3/h7*1-2H3;6*2H,1H3. The number of aryl methyl sites for hydroxylation is 20. The summed E-state index contributed by atoms with van der Waals surface area (Å²) < 4.78 is 46.5. The smallest absolute Gasteiger partial charge is 0.223 e. The van der Waals surface area contributed by atoms with Gasteiger partial charge in [-0.3, -0.25) is 0 Å². The van der Waals surface area contributed by atoms with E-state index < -0.39 is 0 Å². The molecular weight excluding hydrogens is 1240 g/mol. The van der Waals surface area contributed by atoms with Gasteiger partial charge in [0, 0.05) is 51.3 Å². The Labute approximate surface area is 518 Å². The SMILES string of the molecule is Cc1cnns1.Cc1ncno1.Cc1ncns1.Cc1ncon1.Cc1nnc(C)o1.Cc1nnc(C)s1.Cc1nnco1.Cc1nncs1.Cc1nnsc1C.Cc1noc(C)n1.Cc1noc(C)n1.Cc1nsc(C)n1.Cc1nsc(C)n1. The van der Waals surface area contributed by atoms with Gasteiger partial charge in [0.15, 0.2) is 23.8 Å². The normalized spacial score (nSPS) is 9.18. The lowest BCUT2D eigenvalue weighted by molar-refractivity contribution is 0.389. The molecule has 32 nitrogen and oxygen atoms in total. The van der Waals surface area contributed by atoms with Crippen molar-refractivity contribution in [1.29, 1.82) is 0 Å². The molecule has 0 aromatic carbocycles. The Balaban J connectivity index is 0.000000461. The van der Waals surface area contributed by atoms with Crippen molar-refractivity contribution in [3.05, 3.63) is 147 Å². The van der Waals surface area contributed by atoms with Crippen LogP contribution in [0.4, 0.5) is 0 Å². The third kappa shape index (κ3) is 43.1. The van der Waals surface area contributed by atoms with Gasteiger partial charge in [-0.15, -0.1) is 73.7 Å². The van der Waals surface area contributed by atoms with Crippen LogP contribution in [0.3, 0.4) is 0 Å². The minimum atomic E-state index is 0.606. The molecule has 0 saturated heterocycles.